The molecule has 1 aromatic heterocycles. The maximum Gasteiger partial charge on any atom is 0.180 e. The van der Waals surface area contributed by atoms with Gasteiger partial charge in [-0.05, 0) is 42.5 Å². The van der Waals surface area contributed by atoms with Gasteiger partial charge in [-0.15, -0.1) is 0 Å². The molecular weight excluding hydrogens is 214 g/mol. The first-order chi connectivity index (χ1) is 8.31. The Morgan fingerprint density at radius 2 is 2.18 bits per heavy atom. The molecule has 0 fully saturated rings. The lowest BCUT2D eigenvalue weighted by molar-refractivity contribution is 0.221. The molecule has 0 saturated heterocycles. The van der Waals surface area contributed by atoms with Crippen LogP contribution in [-0.2, 0) is 19.6 Å². The minimum atomic E-state index is 0.399. The summed E-state index contributed by atoms with van der Waals surface area (Å²) in [6.45, 7) is 0.399. The van der Waals surface area contributed by atoms with Gasteiger partial charge in [0.05, 0.1) is 18.1 Å². The van der Waals surface area contributed by atoms with E-state index in [2.05, 4.69) is 17.2 Å². The third kappa shape index (κ3) is 2.11. The molecule has 0 radical (unpaired) electrons. The van der Waals surface area contributed by atoms with E-state index in [9.17, 15) is 0 Å². The number of benzene rings is 1. The van der Waals surface area contributed by atoms with Crippen molar-refractivity contribution in [1.29, 1.82) is 0 Å². The number of hydrogen-bond donors (Lipinski definition) is 1. The van der Waals surface area contributed by atoms with Crippen LogP contribution in [0.1, 0.15) is 17.5 Å². The van der Waals surface area contributed by atoms with Gasteiger partial charge in [0.25, 0.3) is 0 Å². The van der Waals surface area contributed by atoms with Crippen molar-refractivity contribution in [2.75, 3.05) is 5.73 Å². The maximum absolute atomic E-state index is 5.68. The number of nitrogens with zero attached hydrogens (tertiary/aromatic N) is 2. The van der Waals surface area contributed by atoms with Crippen LogP contribution in [0, 0.1) is 0 Å². The highest BCUT2D eigenvalue weighted by molar-refractivity contribution is 5.38. The van der Waals surface area contributed by atoms with Crippen LogP contribution in [0.25, 0.3) is 0 Å². The molecule has 0 bridgehead atoms. The lowest BCUT2D eigenvalue weighted by Crippen LogP contribution is -2.05. The molecule has 0 atom stereocenters. The summed E-state index contributed by atoms with van der Waals surface area (Å²) < 4.78 is 7.36. The van der Waals surface area contributed by atoms with Gasteiger partial charge in [-0.3, -0.25) is 0 Å². The lowest BCUT2D eigenvalue weighted by atomic mass is 10.1. The number of hydrogen-bond acceptors (Lipinski definition) is 3. The molecule has 4 heteroatoms. The molecule has 17 heavy (non-hydrogen) atoms. The number of aryl methyl sites for hydroxylation is 2. The van der Waals surface area contributed by atoms with Crippen molar-refractivity contribution in [1.82, 2.24) is 9.78 Å². The van der Waals surface area contributed by atoms with E-state index in [0.717, 1.165) is 5.75 Å². The summed E-state index contributed by atoms with van der Waals surface area (Å²) in [4.78, 5) is 0. The highest BCUT2D eigenvalue weighted by Crippen LogP contribution is 2.26. The number of fused-ring (bicyclic) bond motifs is 1. The SMILES string of the molecule is Nc1cnn(COc2ccc3c(c2)CCC3)c1. The molecule has 88 valence electrons. The topological polar surface area (TPSA) is 53.1 Å². The standard InChI is InChI=1S/C13H15N3O/c14-12-7-15-16(8-12)9-17-13-5-4-10-2-1-3-11(10)6-13/h4-8H,1-3,9,14H2. The zero-order chi connectivity index (χ0) is 11.7. The van der Waals surface area contributed by atoms with Gasteiger partial charge in [0.2, 0.25) is 0 Å². The molecule has 0 unspecified atom stereocenters. The van der Waals surface area contributed by atoms with Gasteiger partial charge in [0.1, 0.15) is 5.75 Å². The van der Waals surface area contributed by atoms with Crippen LogP contribution >= 0.6 is 0 Å². The van der Waals surface area contributed by atoms with E-state index < -0.39 is 0 Å². The van der Waals surface area contributed by atoms with Crippen LogP contribution in [-0.4, -0.2) is 9.78 Å². The minimum absolute atomic E-state index is 0.399. The average Bonchev–Trinajstić information content (AvgIpc) is 2.94. The Morgan fingerprint density at radius 1 is 1.29 bits per heavy atom. The molecule has 1 aromatic carbocycles. The van der Waals surface area contributed by atoms with Gasteiger partial charge in [0, 0.05) is 0 Å². The highest BCUT2D eigenvalue weighted by atomic mass is 16.5. The lowest BCUT2D eigenvalue weighted by Gasteiger charge is -2.07. The van der Waals surface area contributed by atoms with Crippen molar-refractivity contribution in [2.45, 2.75) is 26.0 Å². The first-order valence-electron chi connectivity index (χ1n) is 5.84. The number of ether oxygens (including phenoxy) is 1. The molecule has 1 aliphatic carbocycles. The third-order valence-electron chi connectivity index (χ3n) is 3.09. The van der Waals surface area contributed by atoms with E-state index >= 15 is 0 Å². The van der Waals surface area contributed by atoms with Crippen LogP contribution in [0.5, 0.6) is 5.75 Å². The molecule has 4 nitrogen and oxygen atoms in total. The van der Waals surface area contributed by atoms with E-state index in [-0.39, 0.29) is 0 Å². The van der Waals surface area contributed by atoms with Crippen molar-refractivity contribution in [2.24, 2.45) is 0 Å². The van der Waals surface area contributed by atoms with Crippen LogP contribution in [0.4, 0.5) is 5.69 Å². The van der Waals surface area contributed by atoms with E-state index in [1.54, 1.807) is 17.1 Å². The predicted molar refractivity (Wildman–Crippen MR) is 65.7 cm³/mol. The number of rotatable bonds is 3. The molecule has 0 aliphatic heterocycles. The molecule has 1 heterocycles. The Balaban J connectivity index is 1.69. The Labute approximate surface area is 100 Å². The van der Waals surface area contributed by atoms with Crippen LogP contribution in [0.2, 0.25) is 0 Å². The van der Waals surface area contributed by atoms with Gasteiger partial charge >= 0.3 is 0 Å². The summed E-state index contributed by atoms with van der Waals surface area (Å²) >= 11 is 0. The molecule has 0 spiro atoms. The minimum Gasteiger partial charge on any atom is -0.471 e. The molecule has 2 N–H and O–H groups in total. The van der Waals surface area contributed by atoms with Crippen molar-refractivity contribution in [3.05, 3.63) is 41.7 Å². The van der Waals surface area contributed by atoms with E-state index in [4.69, 9.17) is 10.5 Å². The Hall–Kier alpha value is -1.97. The summed E-state index contributed by atoms with van der Waals surface area (Å²) in [6, 6.07) is 6.32. The molecule has 2 aromatic rings. The Kier molecular flexibility index (Phi) is 2.48. The highest BCUT2D eigenvalue weighted by Gasteiger charge is 2.11. The summed E-state index contributed by atoms with van der Waals surface area (Å²) in [6.07, 6.45) is 7.00. The fourth-order valence-electron chi connectivity index (χ4n) is 2.23. The van der Waals surface area contributed by atoms with Crippen LogP contribution in [0.15, 0.2) is 30.6 Å². The number of aromatic nitrogens is 2. The number of nitrogens with two attached hydrogens (primary N) is 1. The van der Waals surface area contributed by atoms with Gasteiger partial charge in [-0.1, -0.05) is 6.07 Å². The van der Waals surface area contributed by atoms with Gasteiger partial charge in [0.15, 0.2) is 6.73 Å². The largest absolute Gasteiger partial charge is 0.471 e. The van der Waals surface area contributed by atoms with Crippen molar-refractivity contribution in [3.8, 4) is 5.75 Å². The molecule has 0 saturated carbocycles. The average molecular weight is 229 g/mol. The fourth-order valence-corrected chi connectivity index (χ4v) is 2.23. The van der Waals surface area contributed by atoms with Gasteiger partial charge in [-0.2, -0.15) is 5.10 Å². The second kappa shape index (κ2) is 4.13. The van der Waals surface area contributed by atoms with E-state index in [1.807, 2.05) is 6.07 Å². The van der Waals surface area contributed by atoms with Gasteiger partial charge in [-0.25, -0.2) is 4.68 Å². The summed E-state index contributed by atoms with van der Waals surface area (Å²) in [5, 5.41) is 4.07. The first kappa shape index (κ1) is 10.2. The predicted octanol–water partition coefficient (Wildman–Crippen LogP) is 1.99. The van der Waals surface area contributed by atoms with Crippen molar-refractivity contribution < 1.29 is 4.74 Å². The summed E-state index contributed by atoms with van der Waals surface area (Å²) in [7, 11) is 0. The van der Waals surface area contributed by atoms with Crippen molar-refractivity contribution in [3.63, 3.8) is 0 Å². The van der Waals surface area contributed by atoms with E-state index in [1.165, 1.54) is 30.4 Å². The zero-order valence-corrected chi connectivity index (χ0v) is 9.60. The number of anilines is 1. The molecule has 3 rings (SSSR count). The Bertz CT molecular complexity index is 533. The smallest absolute Gasteiger partial charge is 0.180 e. The van der Waals surface area contributed by atoms with Gasteiger partial charge < -0.3 is 10.5 Å². The Morgan fingerprint density at radius 3 is 3.00 bits per heavy atom. The van der Waals surface area contributed by atoms with Crippen LogP contribution < -0.4 is 10.5 Å². The maximum atomic E-state index is 5.68. The fraction of sp³-hybridized carbons (Fsp3) is 0.308. The normalized spacial score (nSPS) is 13.6. The number of nitrogen functional groups attached to an aromatic ring is 1. The second-order valence-electron chi connectivity index (χ2n) is 4.37. The second-order valence-corrected chi connectivity index (χ2v) is 4.37. The zero-order valence-electron chi connectivity index (χ0n) is 9.60. The van der Waals surface area contributed by atoms with Crippen molar-refractivity contribution >= 4 is 5.69 Å². The van der Waals surface area contributed by atoms with E-state index in [0.29, 0.717) is 12.4 Å². The summed E-state index contributed by atoms with van der Waals surface area (Å²) in [5.41, 5.74) is 9.12. The molecular formula is C13H15N3O. The van der Waals surface area contributed by atoms with Crippen LogP contribution in [0.3, 0.4) is 0 Å². The monoisotopic (exact) mass is 229 g/mol. The molecule has 1 aliphatic rings. The first-order valence-corrected chi connectivity index (χ1v) is 5.84. The third-order valence-corrected chi connectivity index (χ3v) is 3.09. The summed E-state index contributed by atoms with van der Waals surface area (Å²) in [5.74, 6) is 0.903. The molecule has 0 amide bonds. The quantitative estimate of drug-likeness (QED) is 0.875.